The average molecular weight is 491 g/mol. The zero-order valence-electron chi connectivity index (χ0n) is 18.5. The number of benzene rings is 3. The summed E-state index contributed by atoms with van der Waals surface area (Å²) >= 11 is 7.38. The molecule has 34 heavy (non-hydrogen) atoms. The first-order valence-electron chi connectivity index (χ1n) is 10.6. The van der Waals surface area contributed by atoms with Crippen LogP contribution in [0.25, 0.3) is 11.4 Å². The summed E-state index contributed by atoms with van der Waals surface area (Å²) in [5, 5.41) is 12.5. The number of nitrogens with zero attached hydrogens (tertiary/aromatic N) is 3. The van der Waals surface area contributed by atoms with E-state index >= 15 is 0 Å². The van der Waals surface area contributed by atoms with E-state index < -0.39 is 5.25 Å². The van der Waals surface area contributed by atoms with Gasteiger partial charge in [0.15, 0.2) is 11.0 Å². The number of thioether (sulfide) groups is 1. The van der Waals surface area contributed by atoms with Gasteiger partial charge >= 0.3 is 0 Å². The molecule has 3 aromatic carbocycles. The van der Waals surface area contributed by atoms with E-state index in [1.165, 1.54) is 11.8 Å². The molecule has 4 rings (SSSR count). The first-order valence-corrected chi connectivity index (χ1v) is 11.8. The van der Waals surface area contributed by atoms with Crippen LogP contribution in [0.2, 0.25) is 5.02 Å². The van der Waals surface area contributed by atoms with Gasteiger partial charge in [-0.15, -0.1) is 16.8 Å². The van der Waals surface area contributed by atoms with Crippen LogP contribution in [0.1, 0.15) is 10.8 Å². The van der Waals surface area contributed by atoms with E-state index in [1.807, 2.05) is 77.4 Å². The predicted octanol–water partition coefficient (Wildman–Crippen LogP) is 6.27. The predicted molar refractivity (Wildman–Crippen MR) is 137 cm³/mol. The molecule has 0 aliphatic heterocycles. The van der Waals surface area contributed by atoms with Gasteiger partial charge in [-0.2, -0.15) is 0 Å². The molecule has 0 saturated heterocycles. The minimum Gasteiger partial charge on any atom is -0.497 e. The lowest BCUT2D eigenvalue weighted by Gasteiger charge is -2.17. The van der Waals surface area contributed by atoms with E-state index in [0.29, 0.717) is 34.0 Å². The van der Waals surface area contributed by atoms with E-state index in [9.17, 15) is 4.79 Å². The van der Waals surface area contributed by atoms with Crippen LogP contribution in [-0.2, 0) is 11.3 Å². The topological polar surface area (TPSA) is 69.0 Å². The highest BCUT2D eigenvalue weighted by atomic mass is 35.5. The monoisotopic (exact) mass is 490 g/mol. The van der Waals surface area contributed by atoms with Crippen molar-refractivity contribution in [3.8, 4) is 17.1 Å². The number of anilines is 1. The first-order chi connectivity index (χ1) is 16.6. The number of carbonyl (C=O) groups is 1. The number of hydrogen-bond acceptors (Lipinski definition) is 5. The van der Waals surface area contributed by atoms with Gasteiger partial charge in [0.2, 0.25) is 5.91 Å². The molecule has 1 unspecified atom stereocenters. The van der Waals surface area contributed by atoms with E-state index in [1.54, 1.807) is 19.3 Å². The average Bonchev–Trinajstić information content (AvgIpc) is 3.26. The summed E-state index contributed by atoms with van der Waals surface area (Å²) in [6.45, 7) is 4.36. The summed E-state index contributed by atoms with van der Waals surface area (Å²) in [6, 6.07) is 24.3. The lowest BCUT2D eigenvalue weighted by molar-refractivity contribution is -0.115. The molecular formula is C26H23ClN4O2S. The van der Waals surface area contributed by atoms with Crippen LogP contribution in [0, 0.1) is 0 Å². The van der Waals surface area contributed by atoms with Crippen molar-refractivity contribution in [1.82, 2.24) is 14.8 Å². The Labute approximate surface area is 207 Å². The highest BCUT2D eigenvalue weighted by Gasteiger charge is 2.26. The Hall–Kier alpha value is -3.55. The molecule has 1 heterocycles. The molecule has 0 radical (unpaired) electrons. The molecular weight excluding hydrogens is 468 g/mol. The summed E-state index contributed by atoms with van der Waals surface area (Å²) in [7, 11) is 1.59. The number of hydrogen-bond donors (Lipinski definition) is 1. The highest BCUT2D eigenvalue weighted by Crippen LogP contribution is 2.37. The number of nitrogens with one attached hydrogen (secondary N) is 1. The summed E-state index contributed by atoms with van der Waals surface area (Å²) in [5.74, 6) is 1.17. The van der Waals surface area contributed by atoms with Crippen LogP contribution in [0.3, 0.4) is 0 Å². The maximum atomic E-state index is 13.4. The molecule has 1 amide bonds. The summed E-state index contributed by atoms with van der Waals surface area (Å²) < 4.78 is 7.22. The van der Waals surface area contributed by atoms with Crippen molar-refractivity contribution in [1.29, 1.82) is 0 Å². The Balaban J connectivity index is 1.67. The molecule has 0 aliphatic carbocycles. The van der Waals surface area contributed by atoms with Crippen molar-refractivity contribution in [2.75, 3.05) is 12.4 Å². The van der Waals surface area contributed by atoms with Crippen LogP contribution >= 0.6 is 23.4 Å². The smallest absolute Gasteiger partial charge is 0.242 e. The molecule has 8 heteroatoms. The molecule has 6 nitrogen and oxygen atoms in total. The Morgan fingerprint density at radius 2 is 1.88 bits per heavy atom. The quantitative estimate of drug-likeness (QED) is 0.221. The van der Waals surface area contributed by atoms with E-state index in [0.717, 1.165) is 11.1 Å². The Morgan fingerprint density at radius 1 is 1.12 bits per heavy atom. The van der Waals surface area contributed by atoms with Gasteiger partial charge in [-0.05, 0) is 42.0 Å². The third kappa shape index (κ3) is 5.50. The number of ether oxygens (including phenoxy) is 1. The maximum Gasteiger partial charge on any atom is 0.242 e. The van der Waals surface area contributed by atoms with Gasteiger partial charge in [0, 0.05) is 28.9 Å². The van der Waals surface area contributed by atoms with E-state index in [2.05, 4.69) is 22.1 Å². The highest BCUT2D eigenvalue weighted by molar-refractivity contribution is 8.00. The van der Waals surface area contributed by atoms with Gasteiger partial charge in [0.1, 0.15) is 11.0 Å². The Kier molecular flexibility index (Phi) is 7.67. The maximum absolute atomic E-state index is 13.4. The molecule has 0 fully saturated rings. The minimum atomic E-state index is -0.557. The van der Waals surface area contributed by atoms with Crippen LogP contribution in [0.4, 0.5) is 5.69 Å². The van der Waals surface area contributed by atoms with E-state index in [4.69, 9.17) is 16.3 Å². The molecule has 1 atom stereocenters. The number of amides is 1. The lowest BCUT2D eigenvalue weighted by Crippen LogP contribution is -2.19. The standard InChI is InChI=1S/C26H23ClN4O2S/c1-3-16-31-24(19-12-14-20(27)15-13-19)29-30-26(31)34-23(18-8-5-4-6-9-18)25(32)28-21-10-7-11-22(17-21)33-2/h3-15,17,23H,1,16H2,2H3,(H,28,32). The van der Waals surface area contributed by atoms with Gasteiger partial charge in [0.05, 0.1) is 7.11 Å². The van der Waals surface area contributed by atoms with Crippen LogP contribution in [0.5, 0.6) is 5.75 Å². The molecule has 0 aliphatic rings. The number of carbonyl (C=O) groups excluding carboxylic acids is 1. The Morgan fingerprint density at radius 3 is 2.59 bits per heavy atom. The van der Waals surface area contributed by atoms with Crippen molar-refractivity contribution < 1.29 is 9.53 Å². The number of aromatic nitrogens is 3. The number of allylic oxidation sites excluding steroid dienone is 1. The van der Waals surface area contributed by atoms with Gasteiger partial charge in [-0.1, -0.05) is 65.8 Å². The SMILES string of the molecule is C=CCn1c(SC(C(=O)Nc2cccc(OC)c2)c2ccccc2)nnc1-c1ccc(Cl)cc1. The van der Waals surface area contributed by atoms with Gasteiger partial charge in [-0.25, -0.2) is 0 Å². The molecule has 4 aromatic rings. The zero-order valence-corrected chi connectivity index (χ0v) is 20.1. The van der Waals surface area contributed by atoms with Crippen molar-refractivity contribution in [3.05, 3.63) is 102 Å². The molecule has 0 spiro atoms. The fourth-order valence-electron chi connectivity index (χ4n) is 3.40. The van der Waals surface area contributed by atoms with Gasteiger partial charge in [-0.3, -0.25) is 9.36 Å². The Bertz CT molecular complexity index is 1280. The normalized spacial score (nSPS) is 11.6. The summed E-state index contributed by atoms with van der Waals surface area (Å²) in [6.07, 6.45) is 1.78. The van der Waals surface area contributed by atoms with Gasteiger partial charge in [0.25, 0.3) is 0 Å². The summed E-state index contributed by atoms with van der Waals surface area (Å²) in [4.78, 5) is 13.4. The van der Waals surface area contributed by atoms with Crippen LogP contribution in [0.15, 0.2) is 96.7 Å². The van der Waals surface area contributed by atoms with Crippen molar-refractivity contribution in [2.24, 2.45) is 0 Å². The van der Waals surface area contributed by atoms with Crippen LogP contribution < -0.4 is 10.1 Å². The largest absolute Gasteiger partial charge is 0.497 e. The number of methoxy groups -OCH3 is 1. The zero-order chi connectivity index (χ0) is 23.9. The number of rotatable bonds is 9. The van der Waals surface area contributed by atoms with Crippen molar-refractivity contribution in [2.45, 2.75) is 17.0 Å². The van der Waals surface area contributed by atoms with Crippen molar-refractivity contribution >= 4 is 35.0 Å². The first kappa shape index (κ1) is 23.6. The summed E-state index contributed by atoms with van der Waals surface area (Å²) in [5.41, 5.74) is 2.39. The third-order valence-corrected chi connectivity index (χ3v) is 6.52. The second-order valence-electron chi connectivity index (χ2n) is 7.34. The van der Waals surface area contributed by atoms with E-state index in [-0.39, 0.29) is 5.91 Å². The fourth-order valence-corrected chi connectivity index (χ4v) is 4.57. The third-order valence-electron chi connectivity index (χ3n) is 5.03. The molecule has 172 valence electrons. The van der Waals surface area contributed by atoms with Gasteiger partial charge < -0.3 is 10.1 Å². The second kappa shape index (κ2) is 11.0. The molecule has 1 aromatic heterocycles. The van der Waals surface area contributed by atoms with Crippen LogP contribution in [-0.4, -0.2) is 27.8 Å². The molecule has 0 saturated carbocycles. The second-order valence-corrected chi connectivity index (χ2v) is 8.85. The lowest BCUT2D eigenvalue weighted by atomic mass is 10.1. The number of halogens is 1. The molecule has 0 bridgehead atoms. The fraction of sp³-hybridized carbons (Fsp3) is 0.115. The van der Waals surface area contributed by atoms with Crippen molar-refractivity contribution in [3.63, 3.8) is 0 Å². The molecule has 1 N–H and O–H groups in total. The minimum absolute atomic E-state index is 0.175.